The second kappa shape index (κ2) is 12.3. The molecule has 6 aromatic rings. The summed E-state index contributed by atoms with van der Waals surface area (Å²) >= 11 is 5.81. The molecule has 2 aromatic carbocycles. The fourth-order valence-electron chi connectivity index (χ4n) is 4.10. The van der Waals surface area contributed by atoms with Crippen molar-refractivity contribution in [3.05, 3.63) is 93.9 Å². The van der Waals surface area contributed by atoms with Gasteiger partial charge in [0.2, 0.25) is 11.2 Å². The van der Waals surface area contributed by atoms with E-state index in [1.807, 2.05) is 65.2 Å². The van der Waals surface area contributed by atoms with Crippen molar-refractivity contribution in [3.8, 4) is 0 Å². The molecule has 0 saturated heterocycles. The molecule has 0 aliphatic heterocycles. The molecule has 0 saturated carbocycles. The number of esters is 1. The Labute approximate surface area is 243 Å². The van der Waals surface area contributed by atoms with Crippen LogP contribution in [0.2, 0.25) is 5.28 Å². The largest absolute Gasteiger partial charge is 0.468 e. The minimum atomic E-state index is -0.465. The first-order chi connectivity index (χ1) is 20.3. The molecule has 0 fully saturated rings. The van der Waals surface area contributed by atoms with Crippen molar-refractivity contribution < 1.29 is 9.53 Å². The van der Waals surface area contributed by atoms with E-state index in [9.17, 15) is 9.59 Å². The average molecular weight is 588 g/mol. The molecular weight excluding hydrogens is 562 g/mol. The third-order valence-corrected chi connectivity index (χ3v) is 6.28. The number of nitrogens with two attached hydrogens (primary N) is 2. The molecule has 6 rings (SSSR count). The maximum absolute atomic E-state index is 12.2. The van der Waals surface area contributed by atoms with Crippen molar-refractivity contribution >= 4 is 57.5 Å². The second-order valence-electron chi connectivity index (χ2n) is 8.97. The van der Waals surface area contributed by atoms with E-state index >= 15 is 0 Å². The number of aromatic nitrogens is 8. The molecule has 14 nitrogen and oxygen atoms in total. The predicted molar refractivity (Wildman–Crippen MR) is 159 cm³/mol. The zero-order valence-corrected chi connectivity index (χ0v) is 23.1. The molecule has 0 amide bonds. The smallest absolute Gasteiger partial charge is 0.328 e. The lowest BCUT2D eigenvalue weighted by molar-refractivity contribution is -0.138. The summed E-state index contributed by atoms with van der Waals surface area (Å²) in [4.78, 5) is 46.6. The number of nitrogen functional groups attached to an aromatic ring is 2. The number of carbonyl (C=O) groups is 1. The zero-order chi connectivity index (χ0) is 29.6. The molecule has 15 heteroatoms. The normalized spacial score (nSPS) is 10.8. The number of hydrogen-bond donors (Lipinski definition) is 4. The van der Waals surface area contributed by atoms with Gasteiger partial charge in [0.15, 0.2) is 22.9 Å². The number of carbonyl (C=O) groups excluding carboxylic acids is 1. The fraction of sp³-hybridized carbons (Fsp3) is 0.148. The van der Waals surface area contributed by atoms with Crippen molar-refractivity contribution in [2.24, 2.45) is 0 Å². The number of nitrogens with zero attached hydrogens (tertiary/aromatic N) is 7. The monoisotopic (exact) mass is 587 g/mol. The van der Waals surface area contributed by atoms with Crippen LogP contribution in [0.3, 0.4) is 0 Å². The van der Waals surface area contributed by atoms with Gasteiger partial charge in [0.25, 0.3) is 0 Å². The Morgan fingerprint density at radius 1 is 0.929 bits per heavy atom. The number of ether oxygens (including phenoxy) is 1. The number of H-pyrrole nitrogens is 1. The third-order valence-electron chi connectivity index (χ3n) is 6.11. The van der Waals surface area contributed by atoms with E-state index in [4.69, 9.17) is 23.1 Å². The van der Waals surface area contributed by atoms with Gasteiger partial charge in [-0.05, 0) is 22.7 Å². The molecule has 42 heavy (non-hydrogen) atoms. The van der Waals surface area contributed by atoms with Crippen LogP contribution in [0.25, 0.3) is 22.3 Å². The van der Waals surface area contributed by atoms with Gasteiger partial charge in [-0.2, -0.15) is 19.9 Å². The number of methoxy groups -OCH3 is 1. The molecule has 214 valence electrons. The highest BCUT2D eigenvalue weighted by Gasteiger charge is 2.15. The van der Waals surface area contributed by atoms with E-state index in [2.05, 4.69) is 40.0 Å². The molecule has 0 unspecified atom stereocenters. The van der Waals surface area contributed by atoms with Crippen molar-refractivity contribution in [3.63, 3.8) is 0 Å². The molecule has 4 aromatic heterocycles. The Morgan fingerprint density at radius 2 is 1.60 bits per heavy atom. The van der Waals surface area contributed by atoms with Crippen LogP contribution in [0, 0.1) is 0 Å². The van der Waals surface area contributed by atoms with Crippen LogP contribution < -0.4 is 22.5 Å². The van der Waals surface area contributed by atoms with Gasteiger partial charge in [0, 0.05) is 0 Å². The Morgan fingerprint density at radius 3 is 2.26 bits per heavy atom. The number of rotatable bonds is 7. The summed E-state index contributed by atoms with van der Waals surface area (Å²) in [5.41, 5.74) is 15.4. The van der Waals surface area contributed by atoms with Crippen LogP contribution >= 0.6 is 11.6 Å². The van der Waals surface area contributed by atoms with E-state index in [0.717, 1.165) is 11.1 Å². The van der Waals surface area contributed by atoms with E-state index in [1.165, 1.54) is 11.7 Å². The molecule has 0 atom stereocenters. The number of halogens is 1. The number of imidazole rings is 2. The van der Waals surface area contributed by atoms with Gasteiger partial charge in [0.1, 0.15) is 17.6 Å². The molecule has 0 radical (unpaired) electrons. The maximum atomic E-state index is 12.2. The number of hydrogen-bond acceptors (Lipinski definition) is 11. The molecule has 0 bridgehead atoms. The van der Waals surface area contributed by atoms with Crippen molar-refractivity contribution in [2.45, 2.75) is 13.1 Å². The number of nitrogens with one attached hydrogen (secondary N) is 2. The predicted octanol–water partition coefficient (Wildman–Crippen LogP) is 2.45. The van der Waals surface area contributed by atoms with Crippen molar-refractivity contribution in [2.75, 3.05) is 30.4 Å². The number of fused-ring (bicyclic) bond motifs is 2. The first-order valence-electron chi connectivity index (χ1n) is 12.6. The first kappa shape index (κ1) is 28.0. The van der Waals surface area contributed by atoms with Gasteiger partial charge in [0.05, 0.1) is 26.5 Å². The summed E-state index contributed by atoms with van der Waals surface area (Å²) in [6.07, 6.45) is 1.69. The number of benzene rings is 2. The molecule has 4 heterocycles. The van der Waals surface area contributed by atoms with E-state index in [-0.39, 0.29) is 29.3 Å². The highest BCUT2D eigenvalue weighted by Crippen LogP contribution is 2.19. The van der Waals surface area contributed by atoms with Crippen LogP contribution in [-0.2, 0) is 22.6 Å². The number of aromatic amines is 1. The molecule has 6 N–H and O–H groups in total. The highest BCUT2D eigenvalue weighted by molar-refractivity contribution is 6.28. The van der Waals surface area contributed by atoms with Crippen LogP contribution in [0.4, 0.5) is 17.6 Å². The fourth-order valence-corrected chi connectivity index (χ4v) is 4.27. The van der Waals surface area contributed by atoms with Crippen LogP contribution in [-0.4, -0.2) is 58.7 Å². The lowest BCUT2D eigenvalue weighted by Gasteiger charge is -2.07. The van der Waals surface area contributed by atoms with Gasteiger partial charge in [-0.15, -0.1) is 0 Å². The number of anilines is 3. The highest BCUT2D eigenvalue weighted by atomic mass is 35.5. The van der Waals surface area contributed by atoms with Crippen molar-refractivity contribution in [1.29, 1.82) is 0 Å². The SMILES string of the molecule is COC(=O)CNc1nc(N)c2[nH]c(=O)n(Cc3ccccc3)c2n1.Nc1nc(Cl)nc2c1ncn2Cc1ccccc1. The zero-order valence-electron chi connectivity index (χ0n) is 22.4. The van der Waals surface area contributed by atoms with Gasteiger partial charge in [-0.3, -0.25) is 9.36 Å². The maximum Gasteiger partial charge on any atom is 0.328 e. The van der Waals surface area contributed by atoms with Crippen LogP contribution in [0.5, 0.6) is 0 Å². The summed E-state index contributed by atoms with van der Waals surface area (Å²) in [6.45, 7) is 0.908. The lowest BCUT2D eigenvalue weighted by Crippen LogP contribution is -2.19. The molecule has 0 aliphatic rings. The van der Waals surface area contributed by atoms with Gasteiger partial charge in [-0.1, -0.05) is 60.7 Å². The van der Waals surface area contributed by atoms with E-state index in [1.54, 1.807) is 6.33 Å². The average Bonchev–Trinajstić information content (AvgIpc) is 3.54. The third kappa shape index (κ3) is 6.28. The van der Waals surface area contributed by atoms with Gasteiger partial charge >= 0.3 is 11.7 Å². The summed E-state index contributed by atoms with van der Waals surface area (Å²) in [5.74, 6) is 0.104. The topological polar surface area (TPSA) is 198 Å². The Bertz CT molecular complexity index is 1900. The summed E-state index contributed by atoms with van der Waals surface area (Å²) in [6, 6.07) is 19.5. The molecular formula is C27H26ClN11O3. The van der Waals surface area contributed by atoms with Gasteiger partial charge in [-0.25, -0.2) is 9.78 Å². The standard InChI is InChI=1S/C15H16N6O3.C12H10ClN5/c1-24-10(22)7-17-14-19-12(16)11-13(20-14)21(15(23)18-11)8-9-5-3-2-4-6-9;13-12-16-10(14)9-11(17-12)18(7-15-9)6-8-4-2-1-3-5-8/h2-6H,7-8H2,1H3,(H,18,23)(H3,16,17,19,20);1-5,7H,6H2,(H2,14,16,17). The quantitative estimate of drug-likeness (QED) is 0.158. The molecule has 0 spiro atoms. The Hall–Kier alpha value is -5.50. The second-order valence-corrected chi connectivity index (χ2v) is 9.31. The minimum Gasteiger partial charge on any atom is -0.468 e. The van der Waals surface area contributed by atoms with Crippen LogP contribution in [0.15, 0.2) is 71.8 Å². The minimum absolute atomic E-state index is 0.102. The van der Waals surface area contributed by atoms with Gasteiger partial charge < -0.3 is 31.1 Å². The summed E-state index contributed by atoms with van der Waals surface area (Å²) < 4.78 is 7.91. The molecule has 0 aliphatic carbocycles. The van der Waals surface area contributed by atoms with Crippen LogP contribution in [0.1, 0.15) is 11.1 Å². The summed E-state index contributed by atoms with van der Waals surface area (Å²) in [5, 5.41) is 2.86. The first-order valence-corrected chi connectivity index (χ1v) is 13.0. The van der Waals surface area contributed by atoms with E-state index < -0.39 is 5.97 Å². The summed E-state index contributed by atoms with van der Waals surface area (Å²) in [7, 11) is 1.28. The van der Waals surface area contributed by atoms with Crippen molar-refractivity contribution in [1.82, 2.24) is 39.0 Å². The van der Waals surface area contributed by atoms with E-state index in [0.29, 0.717) is 41.2 Å². The Kier molecular flexibility index (Phi) is 8.24. The lowest BCUT2D eigenvalue weighted by atomic mass is 10.2. The Balaban J connectivity index is 0.000000175.